The van der Waals surface area contributed by atoms with Gasteiger partial charge < -0.3 is 14.8 Å². The molecule has 0 heterocycles. The van der Waals surface area contributed by atoms with Gasteiger partial charge in [-0.1, -0.05) is 0 Å². The van der Waals surface area contributed by atoms with Crippen LogP contribution in [0.4, 0.5) is 0 Å². The largest absolute Gasteiger partial charge is 0.358 e. The molecule has 0 rings (SSSR count). The van der Waals surface area contributed by atoms with Crippen LogP contribution in [0.1, 0.15) is 2.74 Å². The first-order chi connectivity index (χ1) is 2.00. The Bertz CT molecular complexity index is 9.51. The minimum Gasteiger partial charge on any atom is -0.358 e. The standard InChI is InChI=1S/2CH3.2W/h2*1H3;;/q2*-1;;/i2*1D;;. The Balaban J connectivity index is -0.00000000500. The van der Waals surface area contributed by atoms with Crippen molar-refractivity contribution in [2.24, 2.45) is 0 Å². The fourth-order valence-corrected chi connectivity index (χ4v) is 0. The molecule has 0 saturated heterocycles. The Morgan fingerprint density at radius 3 is 1.00 bits per heavy atom. The minimum absolute atomic E-state index is 0. The summed E-state index contributed by atoms with van der Waals surface area (Å²) in [5.74, 6) is 0. The fourth-order valence-electron chi connectivity index (χ4n) is 0. The molecule has 28 valence electrons. The maximum absolute atomic E-state index is 5.50. The Morgan fingerprint density at radius 2 is 1.00 bits per heavy atom. The molecule has 0 bridgehead atoms. The first-order valence-corrected chi connectivity index (χ1v) is 0. The van der Waals surface area contributed by atoms with Crippen molar-refractivity contribution in [3.05, 3.63) is 14.8 Å². The third-order valence-corrected chi connectivity index (χ3v) is 0. The second-order valence-electron chi connectivity index (χ2n) is 0. The summed E-state index contributed by atoms with van der Waals surface area (Å²) in [4.78, 5) is 0. The summed E-state index contributed by atoms with van der Waals surface area (Å²) in [6, 6.07) is 0. The molecule has 4 heavy (non-hydrogen) atoms. The van der Waals surface area contributed by atoms with Crippen molar-refractivity contribution in [3.8, 4) is 0 Å². The molecule has 0 aromatic heterocycles. The minimum atomic E-state index is 0. The summed E-state index contributed by atoms with van der Waals surface area (Å²) in [5.41, 5.74) is 0. The van der Waals surface area contributed by atoms with Crippen molar-refractivity contribution >= 4 is 0 Å². The van der Waals surface area contributed by atoms with E-state index in [4.69, 9.17) is 2.74 Å². The van der Waals surface area contributed by atoms with E-state index in [1.807, 2.05) is 0 Å². The van der Waals surface area contributed by atoms with Gasteiger partial charge in [-0.15, -0.1) is 0 Å². The fraction of sp³-hybridized carbons (Fsp3) is 0. The molecule has 0 nitrogen and oxygen atoms in total. The van der Waals surface area contributed by atoms with E-state index in [1.165, 1.54) is 0 Å². The zero-order chi connectivity index (χ0) is 4.00. The second kappa shape index (κ2) is 26.3. The molecule has 0 aliphatic carbocycles. The van der Waals surface area contributed by atoms with Crippen LogP contribution in [0.25, 0.3) is 0 Å². The molecule has 0 unspecified atom stereocenters. The molecule has 0 aromatic carbocycles. The van der Waals surface area contributed by atoms with Crippen LogP contribution in [0.15, 0.2) is 0 Å². The zero-order valence-corrected chi connectivity index (χ0v) is 8.10. The van der Waals surface area contributed by atoms with E-state index < -0.39 is 0 Å². The van der Waals surface area contributed by atoms with Gasteiger partial charge in [-0.05, 0) is 0 Å². The molecule has 0 saturated carbocycles. The van der Waals surface area contributed by atoms with E-state index >= 15 is 0 Å². The Morgan fingerprint density at radius 1 is 1.00 bits per heavy atom. The molecular weight excluding hydrogens is 392 g/mol. The van der Waals surface area contributed by atoms with Gasteiger partial charge in [0.15, 0.2) is 0 Å². The summed E-state index contributed by atoms with van der Waals surface area (Å²) in [5, 5.41) is 0. The van der Waals surface area contributed by atoms with Gasteiger partial charge >= 0.3 is 0 Å². The van der Waals surface area contributed by atoms with Crippen molar-refractivity contribution in [2.45, 2.75) is 0 Å². The van der Waals surface area contributed by atoms with Crippen LogP contribution in [0, 0.1) is 14.8 Å². The number of hydrogen-bond acceptors (Lipinski definition) is 0. The number of rotatable bonds is 0. The molecule has 0 aromatic rings. The van der Waals surface area contributed by atoms with Crippen molar-refractivity contribution in [3.63, 3.8) is 0 Å². The molecular formula is C2H6W2-2. The molecule has 0 spiro atoms. The van der Waals surface area contributed by atoms with Crippen LogP contribution in [0.3, 0.4) is 0 Å². The summed E-state index contributed by atoms with van der Waals surface area (Å²) < 4.78 is 11.0. The average Bonchev–Trinajstić information content (AvgIpc) is 1.50. The predicted octanol–water partition coefficient (Wildman–Crippen LogP) is 0.896. The normalized spacial score (nSPS) is 3.50. The van der Waals surface area contributed by atoms with E-state index in [9.17, 15) is 0 Å². The second-order valence-corrected chi connectivity index (χ2v) is 0. The zero-order valence-electron chi connectivity index (χ0n) is 4.23. The maximum atomic E-state index is 5.50. The summed E-state index contributed by atoms with van der Waals surface area (Å²) in [6.07, 6.45) is 0. The van der Waals surface area contributed by atoms with Crippen LogP contribution < -0.4 is 0 Å². The van der Waals surface area contributed by atoms with Gasteiger partial charge in [-0.25, -0.2) is 2.74 Å². The van der Waals surface area contributed by atoms with E-state index in [1.54, 1.807) is 0 Å². The molecule has 0 atom stereocenters. The van der Waals surface area contributed by atoms with Gasteiger partial charge in [-0.2, -0.15) is 0 Å². The SMILES string of the molecule is [2H][CH2-].[2H][CH2-].[W].[W]. The molecule has 2 heteroatoms. The van der Waals surface area contributed by atoms with Crippen molar-refractivity contribution < 1.29 is 44.9 Å². The first-order valence-electron chi connectivity index (χ1n) is 1.41. The Hall–Kier alpha value is 1.38. The smallest absolute Gasteiger partial charge is 0 e. The van der Waals surface area contributed by atoms with Gasteiger partial charge in [0.2, 0.25) is 0 Å². The van der Waals surface area contributed by atoms with Crippen molar-refractivity contribution in [1.82, 2.24) is 0 Å². The number of hydrogen-bond donors (Lipinski definition) is 0. The van der Waals surface area contributed by atoms with Gasteiger partial charge in [0, 0.05) is 42.1 Å². The summed E-state index contributed by atoms with van der Waals surface area (Å²) in [6.45, 7) is 0. The predicted molar refractivity (Wildman–Crippen MR) is 12.8 cm³/mol. The maximum Gasteiger partial charge on any atom is 0 e. The molecule has 0 amide bonds. The molecule has 0 fully saturated rings. The van der Waals surface area contributed by atoms with Gasteiger partial charge in [0.05, 0.1) is 0 Å². The molecule has 0 radical (unpaired) electrons. The van der Waals surface area contributed by atoms with Crippen LogP contribution in [0.5, 0.6) is 0 Å². The Labute approximate surface area is 59.7 Å². The van der Waals surface area contributed by atoms with E-state index in [0.717, 1.165) is 0 Å². The quantitative estimate of drug-likeness (QED) is 0.531. The van der Waals surface area contributed by atoms with Gasteiger partial charge in [0.25, 0.3) is 0 Å². The summed E-state index contributed by atoms with van der Waals surface area (Å²) in [7, 11) is 5.00. The van der Waals surface area contributed by atoms with Crippen molar-refractivity contribution in [1.29, 1.82) is 0 Å². The Kier molecular flexibility index (Phi) is 59.5. The van der Waals surface area contributed by atoms with Crippen LogP contribution >= 0.6 is 0 Å². The van der Waals surface area contributed by atoms with E-state index in [2.05, 4.69) is 14.8 Å². The van der Waals surface area contributed by atoms with Gasteiger partial charge in [0.1, 0.15) is 0 Å². The third kappa shape index (κ3) is 10.1. The van der Waals surface area contributed by atoms with Crippen LogP contribution in [-0.4, -0.2) is 0 Å². The molecule has 0 aliphatic rings. The third-order valence-electron chi connectivity index (χ3n) is 0. The van der Waals surface area contributed by atoms with E-state index in [0.29, 0.717) is 0 Å². The van der Waals surface area contributed by atoms with Crippen molar-refractivity contribution in [2.75, 3.05) is 0 Å². The molecule has 0 N–H and O–H groups in total. The van der Waals surface area contributed by atoms with Crippen LogP contribution in [-0.2, 0) is 42.1 Å². The topological polar surface area (TPSA) is 0 Å². The average molecular weight is 400 g/mol. The summed E-state index contributed by atoms with van der Waals surface area (Å²) >= 11 is 0. The first kappa shape index (κ1) is 9.03. The van der Waals surface area contributed by atoms with Gasteiger partial charge in [-0.3, -0.25) is 0 Å². The molecule has 0 aliphatic heterocycles. The van der Waals surface area contributed by atoms with E-state index in [-0.39, 0.29) is 42.1 Å². The monoisotopic (exact) mass is 400 g/mol. The van der Waals surface area contributed by atoms with Crippen LogP contribution in [0.2, 0.25) is 0 Å².